The lowest BCUT2D eigenvalue weighted by Crippen LogP contribution is -2.41. The lowest BCUT2D eigenvalue weighted by molar-refractivity contribution is -0.126. The number of aliphatic imine (C=N–C) groups is 1. The maximum absolute atomic E-state index is 13.0. The lowest BCUT2D eigenvalue weighted by Gasteiger charge is -2.31. The molecule has 1 saturated carbocycles. The van der Waals surface area contributed by atoms with Crippen LogP contribution in [0.1, 0.15) is 58.2 Å². The fraction of sp³-hybridized carbons (Fsp3) is 0.452. The number of nitrogens with two attached hydrogens (primary N) is 1. The SMILES string of the molecule is CCC(CC(CC)(CC#N)N=CC(C=N)/C(C=N)=C/c1ncc(-c2cccc(NC(=O)NCC(F)(F)F)c2)[nH]1)C(=O)C1(N)CC1. The van der Waals surface area contributed by atoms with Crippen LogP contribution < -0.4 is 16.4 Å². The molecule has 0 bridgehead atoms. The van der Waals surface area contributed by atoms with E-state index in [1.54, 1.807) is 29.6 Å². The summed E-state index contributed by atoms with van der Waals surface area (Å²) >= 11 is 0. The van der Waals surface area contributed by atoms with Crippen LogP contribution in [0.3, 0.4) is 0 Å². The Labute approximate surface area is 259 Å². The van der Waals surface area contributed by atoms with Crippen molar-refractivity contribution in [2.24, 2.45) is 22.6 Å². The highest BCUT2D eigenvalue weighted by molar-refractivity contribution is 5.99. The maximum atomic E-state index is 13.0. The van der Waals surface area contributed by atoms with Gasteiger partial charge in [-0.25, -0.2) is 9.78 Å². The van der Waals surface area contributed by atoms with Gasteiger partial charge >= 0.3 is 12.2 Å². The molecule has 0 saturated heterocycles. The lowest BCUT2D eigenvalue weighted by atomic mass is 9.78. The van der Waals surface area contributed by atoms with Gasteiger partial charge in [-0.15, -0.1) is 0 Å². The smallest absolute Gasteiger partial charge is 0.338 e. The standard InChI is InChI=1S/C31H38F3N9O2/c1-3-20(27(44)30(38)8-9-30)14-29(4-2,10-11-35)41-17-23(16-37)22(15-36)13-26-39-18-25(43-26)21-6-5-7-24(12-21)42-28(45)40-19-31(32,33)34/h5-7,12-13,15-18,20,23,36-37H,3-4,8-10,14,19,38H2,1-2H3,(H,39,43)(H2,40,42,45)/b22-13+,36-15?,37-16?,41-17?. The fourth-order valence-electron chi connectivity index (χ4n) is 4.88. The number of nitrogens with one attached hydrogen (secondary N) is 5. The van der Waals surface area contributed by atoms with Crippen LogP contribution in [-0.2, 0) is 4.79 Å². The minimum absolute atomic E-state index is 0.000642. The van der Waals surface area contributed by atoms with Gasteiger partial charge in [0.2, 0.25) is 0 Å². The van der Waals surface area contributed by atoms with Gasteiger partial charge in [-0.3, -0.25) is 9.79 Å². The van der Waals surface area contributed by atoms with Crippen LogP contribution in [0.2, 0.25) is 0 Å². The van der Waals surface area contributed by atoms with E-state index in [1.807, 2.05) is 13.8 Å². The first-order valence-corrected chi connectivity index (χ1v) is 14.6. The summed E-state index contributed by atoms with van der Waals surface area (Å²) in [5.41, 5.74) is 6.32. The number of alkyl halides is 3. The Morgan fingerprint density at radius 2 is 2.02 bits per heavy atom. The first-order chi connectivity index (χ1) is 21.3. The zero-order valence-electron chi connectivity index (χ0n) is 25.2. The van der Waals surface area contributed by atoms with Gasteiger partial charge in [0.1, 0.15) is 12.4 Å². The number of carbonyl (C=O) groups excluding carboxylic acids is 2. The second kappa shape index (κ2) is 14.9. The highest BCUT2D eigenvalue weighted by atomic mass is 19.4. The quantitative estimate of drug-likeness (QED) is 0.130. The minimum atomic E-state index is -4.53. The number of rotatable bonds is 16. The number of carbonyl (C=O) groups is 2. The second-order valence-corrected chi connectivity index (χ2v) is 11.2. The third-order valence-electron chi connectivity index (χ3n) is 7.86. The molecule has 14 heteroatoms. The van der Waals surface area contributed by atoms with Crippen LogP contribution in [-0.4, -0.2) is 64.2 Å². The van der Waals surface area contributed by atoms with Gasteiger partial charge < -0.3 is 32.2 Å². The molecular weight excluding hydrogens is 587 g/mol. The van der Waals surface area contributed by atoms with E-state index in [-0.39, 0.29) is 23.8 Å². The Morgan fingerprint density at radius 3 is 2.60 bits per heavy atom. The summed E-state index contributed by atoms with van der Waals surface area (Å²) in [6, 6.07) is 7.60. The zero-order chi connectivity index (χ0) is 33.3. The van der Waals surface area contributed by atoms with Crippen molar-refractivity contribution in [1.29, 1.82) is 16.1 Å². The monoisotopic (exact) mass is 625 g/mol. The van der Waals surface area contributed by atoms with Crippen LogP contribution in [0.25, 0.3) is 17.3 Å². The summed E-state index contributed by atoms with van der Waals surface area (Å²) in [5.74, 6) is -0.704. The topological polar surface area (TPSA) is 197 Å². The first-order valence-electron chi connectivity index (χ1n) is 14.6. The van der Waals surface area contributed by atoms with Crippen LogP contribution in [0.5, 0.6) is 0 Å². The van der Waals surface area contributed by atoms with E-state index in [4.69, 9.17) is 21.5 Å². The molecular formula is C31H38F3N9O2. The van der Waals surface area contributed by atoms with Crippen LogP contribution >= 0.6 is 0 Å². The van der Waals surface area contributed by atoms with E-state index in [2.05, 4.69) is 21.4 Å². The average Bonchev–Trinajstić information content (AvgIpc) is 3.59. The summed E-state index contributed by atoms with van der Waals surface area (Å²) in [6.07, 6.45) is 5.11. The Morgan fingerprint density at radius 1 is 1.29 bits per heavy atom. The van der Waals surface area contributed by atoms with Crippen LogP contribution in [0.4, 0.5) is 23.7 Å². The molecule has 240 valence electrons. The Balaban J connectivity index is 1.79. The molecule has 3 atom stereocenters. The number of aromatic nitrogens is 2. The number of hydrogen-bond donors (Lipinski definition) is 6. The molecule has 0 radical (unpaired) electrons. The second-order valence-electron chi connectivity index (χ2n) is 11.2. The summed E-state index contributed by atoms with van der Waals surface area (Å²) in [4.78, 5) is 37.0. The molecule has 1 aromatic carbocycles. The summed E-state index contributed by atoms with van der Waals surface area (Å²) in [5, 5.41) is 29.7. The summed E-state index contributed by atoms with van der Waals surface area (Å²) in [7, 11) is 0. The van der Waals surface area contributed by atoms with E-state index in [1.165, 1.54) is 18.5 Å². The number of anilines is 1. The van der Waals surface area contributed by atoms with Crippen molar-refractivity contribution in [1.82, 2.24) is 15.3 Å². The Bertz CT molecular complexity index is 1490. The van der Waals surface area contributed by atoms with E-state index >= 15 is 0 Å². The van der Waals surface area contributed by atoms with E-state index in [0.717, 1.165) is 12.4 Å². The number of imidazole rings is 1. The third-order valence-corrected chi connectivity index (χ3v) is 7.86. The van der Waals surface area contributed by atoms with E-state index < -0.39 is 35.7 Å². The Hall–Kier alpha value is -4.64. The van der Waals surface area contributed by atoms with Gasteiger partial charge in [0, 0.05) is 35.8 Å². The molecule has 0 spiro atoms. The largest absolute Gasteiger partial charge is 0.405 e. The normalized spacial score (nSPS) is 17.0. The maximum Gasteiger partial charge on any atom is 0.405 e. The molecule has 3 unspecified atom stereocenters. The molecule has 0 aliphatic heterocycles. The van der Waals surface area contributed by atoms with Crippen molar-refractivity contribution < 1.29 is 22.8 Å². The van der Waals surface area contributed by atoms with Gasteiger partial charge in [-0.2, -0.15) is 18.4 Å². The highest BCUT2D eigenvalue weighted by Crippen LogP contribution is 2.40. The number of hydrogen-bond acceptors (Lipinski definition) is 8. The summed E-state index contributed by atoms with van der Waals surface area (Å²) in [6.45, 7) is 2.36. The van der Waals surface area contributed by atoms with Crippen molar-refractivity contribution >= 4 is 42.2 Å². The highest BCUT2D eigenvalue weighted by Gasteiger charge is 2.49. The molecule has 1 fully saturated rings. The molecule has 1 aliphatic carbocycles. The van der Waals surface area contributed by atoms with Gasteiger partial charge in [-0.05, 0) is 55.9 Å². The van der Waals surface area contributed by atoms with E-state index in [9.17, 15) is 28.0 Å². The first kappa shape index (κ1) is 34.8. The summed E-state index contributed by atoms with van der Waals surface area (Å²) < 4.78 is 37.1. The van der Waals surface area contributed by atoms with Crippen molar-refractivity contribution in [2.75, 3.05) is 11.9 Å². The van der Waals surface area contributed by atoms with Crippen LogP contribution in [0.15, 0.2) is 41.0 Å². The number of Topliss-reactive ketones (excluding diaryl/α,β-unsaturated/α-hetero) is 1. The Kier molecular flexibility index (Phi) is 11.5. The van der Waals surface area contributed by atoms with Crippen molar-refractivity contribution in [2.45, 2.75) is 69.6 Å². The number of ketones is 1. The van der Waals surface area contributed by atoms with Crippen molar-refractivity contribution in [3.05, 3.63) is 41.9 Å². The molecule has 11 nitrogen and oxygen atoms in total. The number of urea groups is 1. The van der Waals surface area contributed by atoms with E-state index in [0.29, 0.717) is 54.8 Å². The van der Waals surface area contributed by atoms with Gasteiger partial charge in [-0.1, -0.05) is 26.0 Å². The number of nitriles is 1. The number of H-pyrrole nitrogens is 1. The number of allylic oxidation sites excluding steroid dienone is 1. The molecule has 1 aromatic heterocycles. The molecule has 2 amide bonds. The number of nitrogens with zero attached hydrogens (tertiary/aromatic N) is 3. The third kappa shape index (κ3) is 9.67. The van der Waals surface area contributed by atoms with Gasteiger partial charge in [0.15, 0.2) is 5.78 Å². The minimum Gasteiger partial charge on any atom is -0.338 e. The van der Waals surface area contributed by atoms with Crippen molar-refractivity contribution in [3.8, 4) is 17.3 Å². The number of amides is 2. The zero-order valence-corrected chi connectivity index (χ0v) is 25.2. The molecule has 2 aromatic rings. The van der Waals surface area contributed by atoms with Gasteiger partial charge in [0.25, 0.3) is 0 Å². The van der Waals surface area contributed by atoms with Crippen LogP contribution in [0, 0.1) is 34.0 Å². The fourth-order valence-corrected chi connectivity index (χ4v) is 4.88. The molecule has 1 heterocycles. The van der Waals surface area contributed by atoms with Crippen molar-refractivity contribution in [3.63, 3.8) is 0 Å². The molecule has 45 heavy (non-hydrogen) atoms. The molecule has 1 aliphatic rings. The predicted molar refractivity (Wildman–Crippen MR) is 167 cm³/mol. The average molecular weight is 626 g/mol. The number of halogens is 3. The number of benzene rings is 1. The number of aromatic amines is 1. The molecule has 7 N–H and O–H groups in total. The van der Waals surface area contributed by atoms with Gasteiger partial charge in [0.05, 0.1) is 41.4 Å². The predicted octanol–water partition coefficient (Wildman–Crippen LogP) is 5.67. The molecule has 3 rings (SSSR count).